The first-order chi connectivity index (χ1) is 9.16. The molecule has 1 aromatic rings. The molecule has 102 valence electrons. The van der Waals surface area contributed by atoms with Gasteiger partial charge in [0.15, 0.2) is 0 Å². The van der Waals surface area contributed by atoms with E-state index in [1.807, 2.05) is 7.05 Å². The van der Waals surface area contributed by atoms with Crippen LogP contribution in [0, 0.1) is 16.7 Å². The van der Waals surface area contributed by atoms with Gasteiger partial charge in [0, 0.05) is 0 Å². The molecule has 0 aliphatic carbocycles. The van der Waals surface area contributed by atoms with E-state index in [1.165, 1.54) is 11.1 Å². The predicted molar refractivity (Wildman–Crippen MR) is 75.8 cm³/mol. The van der Waals surface area contributed by atoms with Gasteiger partial charge >= 0.3 is 0 Å². The third-order valence-corrected chi connectivity index (χ3v) is 4.23. The molecule has 1 N–H and O–H groups in total. The first kappa shape index (κ1) is 14.0. The average Bonchev–Trinajstić information content (AvgIpc) is 2.42. The van der Waals surface area contributed by atoms with E-state index < -0.39 is 5.41 Å². The maximum Gasteiger partial charge on any atom is 0.123 e. The van der Waals surface area contributed by atoms with Gasteiger partial charge in [-0.1, -0.05) is 38.1 Å². The lowest BCUT2D eigenvalue weighted by Crippen LogP contribution is -2.50. The van der Waals surface area contributed by atoms with Crippen molar-refractivity contribution in [1.29, 1.82) is 5.26 Å². The number of nitriles is 1. The molecule has 1 aliphatic rings. The van der Waals surface area contributed by atoms with Crippen molar-refractivity contribution >= 4 is 0 Å². The molecule has 0 amide bonds. The summed E-state index contributed by atoms with van der Waals surface area (Å²) >= 11 is 0. The van der Waals surface area contributed by atoms with Gasteiger partial charge in [0.1, 0.15) is 5.41 Å². The molecular formula is C16H22N2O. The van der Waals surface area contributed by atoms with Gasteiger partial charge in [0.05, 0.1) is 25.3 Å². The van der Waals surface area contributed by atoms with E-state index in [9.17, 15) is 5.26 Å². The van der Waals surface area contributed by atoms with E-state index in [1.54, 1.807) is 0 Å². The van der Waals surface area contributed by atoms with Gasteiger partial charge in [-0.2, -0.15) is 5.26 Å². The summed E-state index contributed by atoms with van der Waals surface area (Å²) < 4.78 is 5.25. The molecule has 1 fully saturated rings. The van der Waals surface area contributed by atoms with Gasteiger partial charge in [-0.25, -0.2) is 0 Å². The van der Waals surface area contributed by atoms with Crippen LogP contribution in [0.15, 0.2) is 24.3 Å². The van der Waals surface area contributed by atoms with Gasteiger partial charge in [-0.15, -0.1) is 0 Å². The molecule has 0 saturated carbocycles. The molecule has 2 unspecified atom stereocenters. The van der Waals surface area contributed by atoms with Crippen molar-refractivity contribution in [3.8, 4) is 6.07 Å². The molecule has 3 nitrogen and oxygen atoms in total. The third-order valence-electron chi connectivity index (χ3n) is 4.23. The molecule has 19 heavy (non-hydrogen) atoms. The molecule has 2 atom stereocenters. The van der Waals surface area contributed by atoms with Crippen LogP contribution in [-0.2, 0) is 4.74 Å². The van der Waals surface area contributed by atoms with Crippen LogP contribution in [0.2, 0.25) is 0 Å². The molecule has 0 aromatic heterocycles. The highest BCUT2D eigenvalue weighted by Crippen LogP contribution is 2.40. The summed E-state index contributed by atoms with van der Waals surface area (Å²) in [7, 11) is 1.91. The Morgan fingerprint density at radius 1 is 1.32 bits per heavy atom. The average molecular weight is 258 g/mol. The van der Waals surface area contributed by atoms with Crippen molar-refractivity contribution in [3.63, 3.8) is 0 Å². The van der Waals surface area contributed by atoms with Crippen LogP contribution in [0.1, 0.15) is 43.4 Å². The fraction of sp³-hybridized carbons (Fsp3) is 0.562. The lowest BCUT2D eigenvalue weighted by atomic mass is 9.76. The van der Waals surface area contributed by atoms with E-state index >= 15 is 0 Å². The molecule has 1 heterocycles. The van der Waals surface area contributed by atoms with Crippen molar-refractivity contribution in [3.05, 3.63) is 35.4 Å². The second-order valence-corrected chi connectivity index (χ2v) is 5.46. The quantitative estimate of drug-likeness (QED) is 0.883. The molecule has 0 spiro atoms. The Balaban J connectivity index is 2.23. The number of benzene rings is 1. The first-order valence-electron chi connectivity index (χ1n) is 6.93. The van der Waals surface area contributed by atoms with Crippen LogP contribution < -0.4 is 5.32 Å². The summed E-state index contributed by atoms with van der Waals surface area (Å²) in [5.74, 6) is 0.582. The standard InChI is InChI=1S/C16H22N2O/c1-4-12(2)13-5-7-14(8-6-13)15(18-3)16(9-17)10-19-11-16/h5-8,12,15,18H,4,10-11H2,1-3H3. The number of nitrogens with one attached hydrogen (secondary N) is 1. The number of nitrogens with zero attached hydrogens (tertiary/aromatic N) is 1. The predicted octanol–water partition coefficient (Wildman–Crippen LogP) is 3.00. The Labute approximate surface area is 115 Å². The summed E-state index contributed by atoms with van der Waals surface area (Å²) in [4.78, 5) is 0. The fourth-order valence-electron chi connectivity index (χ4n) is 2.63. The molecule has 1 aliphatic heterocycles. The van der Waals surface area contributed by atoms with Crippen molar-refractivity contribution in [1.82, 2.24) is 5.32 Å². The lowest BCUT2D eigenvalue weighted by Gasteiger charge is -2.41. The minimum Gasteiger partial charge on any atom is -0.378 e. The lowest BCUT2D eigenvalue weighted by molar-refractivity contribution is -0.0963. The molecular weight excluding hydrogens is 236 g/mol. The van der Waals surface area contributed by atoms with Crippen LogP contribution in [0.5, 0.6) is 0 Å². The normalized spacial score (nSPS) is 20.1. The van der Waals surface area contributed by atoms with Gasteiger partial charge < -0.3 is 10.1 Å². The van der Waals surface area contributed by atoms with E-state index in [2.05, 4.69) is 49.5 Å². The Kier molecular flexibility index (Phi) is 4.24. The zero-order valence-corrected chi connectivity index (χ0v) is 11.9. The van der Waals surface area contributed by atoms with Gasteiger partial charge in [-0.05, 0) is 30.5 Å². The fourth-order valence-corrected chi connectivity index (χ4v) is 2.63. The Bertz CT molecular complexity index is 457. The first-order valence-corrected chi connectivity index (χ1v) is 6.93. The number of hydrogen-bond donors (Lipinski definition) is 1. The minimum absolute atomic E-state index is 0.0391. The molecule has 1 aromatic carbocycles. The Hall–Kier alpha value is -1.37. The van der Waals surface area contributed by atoms with E-state index in [4.69, 9.17) is 4.74 Å². The zero-order chi connectivity index (χ0) is 13.9. The monoisotopic (exact) mass is 258 g/mol. The van der Waals surface area contributed by atoms with Crippen LogP contribution in [-0.4, -0.2) is 20.3 Å². The summed E-state index contributed by atoms with van der Waals surface area (Å²) in [5.41, 5.74) is 2.11. The van der Waals surface area contributed by atoms with Crippen molar-refractivity contribution < 1.29 is 4.74 Å². The van der Waals surface area contributed by atoms with Gasteiger partial charge in [0.2, 0.25) is 0 Å². The summed E-state index contributed by atoms with van der Waals surface area (Å²) in [6.45, 7) is 5.47. The molecule has 2 rings (SSSR count). The van der Waals surface area contributed by atoms with E-state index in [0.717, 1.165) is 6.42 Å². The van der Waals surface area contributed by atoms with Gasteiger partial charge in [-0.3, -0.25) is 0 Å². The summed E-state index contributed by atoms with van der Waals surface area (Å²) in [6, 6.07) is 11.1. The molecule has 1 saturated heterocycles. The van der Waals surface area contributed by atoms with E-state index in [-0.39, 0.29) is 6.04 Å². The largest absolute Gasteiger partial charge is 0.378 e. The minimum atomic E-state index is -0.410. The zero-order valence-electron chi connectivity index (χ0n) is 11.9. The second-order valence-electron chi connectivity index (χ2n) is 5.46. The van der Waals surface area contributed by atoms with Crippen LogP contribution >= 0.6 is 0 Å². The molecule has 0 bridgehead atoms. The Morgan fingerprint density at radius 2 is 1.89 bits per heavy atom. The summed E-state index contributed by atoms with van der Waals surface area (Å²) in [6.07, 6.45) is 1.14. The van der Waals surface area contributed by atoms with E-state index in [0.29, 0.717) is 19.1 Å². The van der Waals surface area contributed by atoms with Crippen LogP contribution in [0.4, 0.5) is 0 Å². The van der Waals surface area contributed by atoms with Crippen molar-refractivity contribution in [2.45, 2.75) is 32.2 Å². The van der Waals surface area contributed by atoms with Crippen LogP contribution in [0.25, 0.3) is 0 Å². The SMILES string of the molecule is CCC(C)c1ccc(C(NC)C2(C#N)COC2)cc1. The third kappa shape index (κ3) is 2.51. The highest BCUT2D eigenvalue weighted by molar-refractivity contribution is 5.31. The highest BCUT2D eigenvalue weighted by Gasteiger charge is 2.46. The maximum absolute atomic E-state index is 9.41. The number of rotatable bonds is 5. The Morgan fingerprint density at radius 3 is 2.26 bits per heavy atom. The van der Waals surface area contributed by atoms with Crippen molar-refractivity contribution in [2.75, 3.05) is 20.3 Å². The van der Waals surface area contributed by atoms with Gasteiger partial charge in [0.25, 0.3) is 0 Å². The topological polar surface area (TPSA) is 45.0 Å². The number of ether oxygens (including phenoxy) is 1. The van der Waals surface area contributed by atoms with Crippen LogP contribution in [0.3, 0.4) is 0 Å². The summed E-state index contributed by atoms with van der Waals surface area (Å²) in [5, 5.41) is 12.7. The molecule has 3 heteroatoms. The second kappa shape index (κ2) is 5.73. The highest BCUT2D eigenvalue weighted by atomic mass is 16.5. The number of hydrogen-bond acceptors (Lipinski definition) is 3. The molecule has 0 radical (unpaired) electrons. The van der Waals surface area contributed by atoms with Crippen molar-refractivity contribution in [2.24, 2.45) is 5.41 Å². The maximum atomic E-state index is 9.41. The smallest absolute Gasteiger partial charge is 0.123 e.